The van der Waals surface area contributed by atoms with Gasteiger partial charge in [-0.05, 0) is 0 Å². The van der Waals surface area contributed by atoms with Gasteiger partial charge in [0.05, 0.1) is 12.4 Å². The van der Waals surface area contributed by atoms with Gasteiger partial charge >= 0.3 is 5.69 Å². The van der Waals surface area contributed by atoms with Crippen LogP contribution < -0.4 is 16.0 Å². The average Bonchev–Trinajstić information content (AvgIpc) is 2.71. The molecule has 8 heteroatoms. The zero-order valence-electron chi connectivity index (χ0n) is 8.22. The molecule has 4 N–H and O–H groups in total. The fourth-order valence-corrected chi connectivity index (χ4v) is 2.32. The summed E-state index contributed by atoms with van der Waals surface area (Å²) in [6.07, 6.45) is 0.417. The monoisotopic (exact) mass is 248 g/mol. The number of aliphatic hydroxyl groups is 1. The maximum Gasteiger partial charge on any atom is 0.499 e. The highest BCUT2D eigenvalue weighted by Gasteiger charge is 2.32. The normalized spacial score (nSPS) is 24.9. The highest BCUT2D eigenvalue weighted by molar-refractivity contribution is 8.00. The Morgan fingerprint density at radius 1 is 1.81 bits per heavy atom. The summed E-state index contributed by atoms with van der Waals surface area (Å²) < 4.78 is 19.6. The van der Waals surface area contributed by atoms with Crippen molar-refractivity contribution in [1.29, 1.82) is 0 Å². The zero-order chi connectivity index (χ0) is 11.7. The molecule has 0 unspecified atom stereocenters. The van der Waals surface area contributed by atoms with Gasteiger partial charge in [0.2, 0.25) is 17.9 Å². The van der Waals surface area contributed by atoms with Crippen molar-refractivity contribution in [3.8, 4) is 0 Å². The van der Waals surface area contributed by atoms with E-state index in [0.717, 1.165) is 10.8 Å². The third-order valence-electron chi connectivity index (χ3n) is 2.18. The van der Waals surface area contributed by atoms with Gasteiger partial charge in [-0.1, -0.05) is 0 Å². The molecule has 0 aromatic carbocycles. The smallest absolute Gasteiger partial charge is 0.393 e. The van der Waals surface area contributed by atoms with E-state index in [-0.39, 0.29) is 17.9 Å². The van der Waals surface area contributed by atoms with Crippen LogP contribution in [0.4, 0.5) is 10.2 Å². The fraction of sp³-hybridized carbons (Fsp3) is 0.500. The maximum atomic E-state index is 13.2. The molecule has 16 heavy (non-hydrogen) atoms. The van der Waals surface area contributed by atoms with Gasteiger partial charge in [0, 0.05) is 0 Å². The lowest BCUT2D eigenvalue weighted by Gasteiger charge is -2.08. The van der Waals surface area contributed by atoms with E-state index in [2.05, 4.69) is 4.98 Å². The van der Waals surface area contributed by atoms with Crippen LogP contribution in [-0.2, 0) is 4.74 Å². The first-order valence-corrected chi connectivity index (χ1v) is 5.64. The number of nitrogens with one attached hydrogen (secondary N) is 1. The minimum Gasteiger partial charge on any atom is -0.393 e. The number of rotatable bonds is 2. The van der Waals surface area contributed by atoms with Crippen molar-refractivity contribution in [2.24, 2.45) is 0 Å². The summed E-state index contributed by atoms with van der Waals surface area (Å²) in [6.45, 7) is -0.142. The predicted octanol–water partition coefficient (Wildman–Crippen LogP) is -1.04. The molecule has 0 saturated carbocycles. The van der Waals surface area contributed by atoms with Crippen LogP contribution in [0.25, 0.3) is 0 Å². The molecule has 1 aliphatic heterocycles. The van der Waals surface area contributed by atoms with Gasteiger partial charge in [0.15, 0.2) is 0 Å². The number of anilines is 1. The molecule has 6 nitrogen and oxygen atoms in total. The number of hydrogen-bond acceptors (Lipinski definition) is 5. The zero-order valence-corrected chi connectivity index (χ0v) is 9.04. The first-order valence-electron chi connectivity index (χ1n) is 4.59. The first kappa shape index (κ1) is 11.4. The van der Waals surface area contributed by atoms with Crippen LogP contribution in [0.1, 0.15) is 6.23 Å². The molecule has 1 fully saturated rings. The highest BCUT2D eigenvalue weighted by Crippen LogP contribution is 2.27. The Labute approximate surface area is 94.2 Å². The predicted molar refractivity (Wildman–Crippen MR) is 55.1 cm³/mol. The molecule has 0 spiro atoms. The van der Waals surface area contributed by atoms with Crippen molar-refractivity contribution < 1.29 is 18.8 Å². The molecule has 0 bridgehead atoms. The Hall–Kier alpha value is -1.12. The van der Waals surface area contributed by atoms with Crippen molar-refractivity contribution in [1.82, 2.24) is 4.98 Å². The topological polar surface area (TPSA) is 92.2 Å². The maximum absolute atomic E-state index is 13.2. The van der Waals surface area contributed by atoms with E-state index in [1.165, 1.54) is 11.8 Å². The van der Waals surface area contributed by atoms with Crippen molar-refractivity contribution in [3.63, 3.8) is 0 Å². The molecule has 0 radical (unpaired) electrons. The quantitative estimate of drug-likeness (QED) is 0.582. The van der Waals surface area contributed by atoms with Crippen molar-refractivity contribution >= 4 is 17.6 Å². The Morgan fingerprint density at radius 2 is 2.56 bits per heavy atom. The van der Waals surface area contributed by atoms with E-state index < -0.39 is 17.7 Å². The number of ether oxygens (including phenoxy) is 1. The van der Waals surface area contributed by atoms with Crippen molar-refractivity contribution in [2.75, 3.05) is 18.1 Å². The minimum atomic E-state index is -0.708. The van der Waals surface area contributed by atoms with Crippen LogP contribution in [0.5, 0.6) is 0 Å². The first-order chi connectivity index (χ1) is 7.61. The van der Waals surface area contributed by atoms with Crippen LogP contribution in [0.3, 0.4) is 0 Å². The second kappa shape index (κ2) is 4.40. The number of aromatic amines is 1. The Kier molecular flexibility index (Phi) is 3.13. The van der Waals surface area contributed by atoms with E-state index in [4.69, 9.17) is 15.6 Å². The van der Waals surface area contributed by atoms with Crippen LogP contribution in [0, 0.1) is 5.82 Å². The molecule has 88 valence electrons. The number of nitrogen functional groups attached to an aromatic ring is 1. The molecule has 2 atom stereocenters. The second-order valence-electron chi connectivity index (χ2n) is 3.26. The summed E-state index contributed by atoms with van der Waals surface area (Å²) in [5, 5.41) is 8.86. The van der Waals surface area contributed by atoms with E-state index in [1.54, 1.807) is 0 Å². The summed E-state index contributed by atoms with van der Waals surface area (Å²) in [5.74, 6) is -0.534. The highest BCUT2D eigenvalue weighted by atomic mass is 32.2. The number of H-pyrrole nitrogens is 1. The lowest BCUT2D eigenvalue weighted by Crippen LogP contribution is -2.56. The molecule has 2 rings (SSSR count). The Balaban J connectivity index is 2.28. The third kappa shape index (κ3) is 2.04. The average molecular weight is 248 g/mol. The summed E-state index contributed by atoms with van der Waals surface area (Å²) >= 11 is 1.36. The van der Waals surface area contributed by atoms with Gasteiger partial charge in [-0.2, -0.15) is 18.7 Å². The fourth-order valence-electron chi connectivity index (χ4n) is 1.39. The van der Waals surface area contributed by atoms with Gasteiger partial charge in [0.1, 0.15) is 11.6 Å². The number of nitrogens with two attached hydrogens (primary N) is 1. The molecule has 2 heterocycles. The van der Waals surface area contributed by atoms with Crippen molar-refractivity contribution in [2.45, 2.75) is 11.7 Å². The molecule has 1 aromatic rings. The lowest BCUT2D eigenvalue weighted by atomic mass is 10.5. The van der Waals surface area contributed by atoms with Gasteiger partial charge in [-0.15, -0.1) is 11.8 Å². The van der Waals surface area contributed by atoms with Crippen LogP contribution in [0.2, 0.25) is 0 Å². The second-order valence-corrected chi connectivity index (χ2v) is 4.46. The van der Waals surface area contributed by atoms with Gasteiger partial charge < -0.3 is 15.6 Å². The van der Waals surface area contributed by atoms with E-state index in [9.17, 15) is 9.18 Å². The summed E-state index contributed by atoms with van der Waals surface area (Å²) in [6, 6.07) is 0. The SMILES string of the molecule is Nc1[nH]c(=O)[n+]([C@@H]2CS[C@H](CO)O2)cc1F. The number of aliphatic hydroxyl groups excluding tert-OH is 1. The standard InChI is InChI=1S/C8H10FN3O3S/c9-4-1-12(8(14)11-7(4)10)5-3-16-6(2-13)15-5/h1,5-6,13H,2-3H2,(H2,10,11,14)/p+1/t5-,6+/m0/s1. The Morgan fingerprint density at radius 3 is 3.19 bits per heavy atom. The molecule has 1 aromatic heterocycles. The third-order valence-corrected chi connectivity index (χ3v) is 3.29. The van der Waals surface area contributed by atoms with Crippen LogP contribution >= 0.6 is 11.8 Å². The molecule has 1 saturated heterocycles. The number of halogens is 1. The van der Waals surface area contributed by atoms with Crippen LogP contribution in [-0.4, -0.2) is 27.9 Å². The lowest BCUT2D eigenvalue weighted by molar-refractivity contribution is -0.771. The van der Waals surface area contributed by atoms with E-state index in [0.29, 0.717) is 5.75 Å². The largest absolute Gasteiger partial charge is 0.499 e. The number of thioether (sulfide) groups is 1. The summed E-state index contributed by atoms with van der Waals surface area (Å²) in [4.78, 5) is 13.7. The van der Waals surface area contributed by atoms with Crippen LogP contribution in [0.15, 0.2) is 11.0 Å². The number of hydrogen-bond donors (Lipinski definition) is 3. The summed E-state index contributed by atoms with van der Waals surface area (Å²) in [5.41, 5.74) is 4.30. The molecule has 0 aliphatic carbocycles. The van der Waals surface area contributed by atoms with Crippen molar-refractivity contribution in [3.05, 3.63) is 22.5 Å². The van der Waals surface area contributed by atoms with Gasteiger partial charge in [-0.3, -0.25) is 0 Å². The Bertz CT molecular complexity index is 453. The molecular weight excluding hydrogens is 237 g/mol. The summed E-state index contributed by atoms with van der Waals surface area (Å²) in [7, 11) is 0. The number of nitrogens with zero attached hydrogens (tertiary/aromatic N) is 1. The molecular formula is C8H11FN3O3S+. The molecule has 1 aliphatic rings. The van der Waals surface area contributed by atoms with E-state index in [1.807, 2.05) is 0 Å². The minimum absolute atomic E-state index is 0.142. The van der Waals surface area contributed by atoms with E-state index >= 15 is 0 Å². The van der Waals surface area contributed by atoms with Gasteiger partial charge in [-0.25, -0.2) is 0 Å². The van der Waals surface area contributed by atoms with Gasteiger partial charge in [0.25, 0.3) is 0 Å². The molecule has 0 amide bonds. The number of aromatic nitrogens is 2.